The largest absolute Gasteiger partial charge is 0.416 e. The summed E-state index contributed by atoms with van der Waals surface area (Å²) in [6.07, 6.45) is -4.40. The molecular formula is C19H18ClF3N2O. The molecule has 7 heteroatoms. The van der Waals surface area contributed by atoms with Crippen LogP contribution in [0.5, 0.6) is 0 Å². The first-order valence-corrected chi connectivity index (χ1v) is 8.62. The first-order chi connectivity index (χ1) is 12.3. The molecule has 1 amide bonds. The molecule has 1 saturated heterocycles. The number of amides is 1. The number of nitrogens with zero attached hydrogens (tertiary/aromatic N) is 2. The summed E-state index contributed by atoms with van der Waals surface area (Å²) in [7, 11) is 0. The van der Waals surface area contributed by atoms with E-state index in [1.165, 1.54) is 12.1 Å². The monoisotopic (exact) mass is 382 g/mol. The van der Waals surface area contributed by atoms with Crippen LogP contribution < -0.4 is 4.90 Å². The van der Waals surface area contributed by atoms with Gasteiger partial charge in [-0.2, -0.15) is 13.2 Å². The van der Waals surface area contributed by atoms with Crippen LogP contribution in [0.3, 0.4) is 0 Å². The lowest BCUT2D eigenvalue weighted by atomic mass is 10.1. The zero-order valence-electron chi connectivity index (χ0n) is 14.2. The van der Waals surface area contributed by atoms with Gasteiger partial charge in [0.25, 0.3) is 5.91 Å². The van der Waals surface area contributed by atoms with Gasteiger partial charge in [-0.1, -0.05) is 17.7 Å². The summed E-state index contributed by atoms with van der Waals surface area (Å²) in [5.41, 5.74) is 1.55. The number of hydrogen-bond donors (Lipinski definition) is 0. The standard InChI is InChI=1S/C19H18ClF3N2O/c1-13-16(20)3-2-4-17(13)24-9-11-25(12-10-24)18(26)14-5-7-15(8-6-14)19(21,22)23/h2-8H,9-12H2,1H3. The lowest BCUT2D eigenvalue weighted by Crippen LogP contribution is -2.49. The highest BCUT2D eigenvalue weighted by Gasteiger charge is 2.30. The van der Waals surface area contributed by atoms with Gasteiger partial charge in [0.15, 0.2) is 0 Å². The van der Waals surface area contributed by atoms with Gasteiger partial charge < -0.3 is 9.80 Å². The summed E-state index contributed by atoms with van der Waals surface area (Å²) in [4.78, 5) is 16.4. The Morgan fingerprint density at radius 3 is 2.19 bits per heavy atom. The molecular weight excluding hydrogens is 365 g/mol. The molecule has 2 aromatic rings. The predicted molar refractivity (Wildman–Crippen MR) is 95.7 cm³/mol. The highest BCUT2D eigenvalue weighted by atomic mass is 35.5. The fourth-order valence-corrected chi connectivity index (χ4v) is 3.24. The summed E-state index contributed by atoms with van der Waals surface area (Å²) < 4.78 is 37.9. The number of carbonyl (C=O) groups is 1. The smallest absolute Gasteiger partial charge is 0.368 e. The van der Waals surface area contributed by atoms with Crippen LogP contribution in [-0.2, 0) is 6.18 Å². The minimum atomic E-state index is -4.40. The SMILES string of the molecule is Cc1c(Cl)cccc1N1CCN(C(=O)c2ccc(C(F)(F)F)cc2)CC1. The van der Waals surface area contributed by atoms with Gasteiger partial charge in [-0.25, -0.2) is 0 Å². The van der Waals surface area contributed by atoms with Crippen LogP contribution in [0.25, 0.3) is 0 Å². The van der Waals surface area contributed by atoms with E-state index in [9.17, 15) is 18.0 Å². The molecule has 1 aliphatic rings. The summed E-state index contributed by atoms with van der Waals surface area (Å²) in [6.45, 7) is 4.26. The van der Waals surface area contributed by atoms with Crippen LogP contribution in [-0.4, -0.2) is 37.0 Å². The molecule has 26 heavy (non-hydrogen) atoms. The van der Waals surface area contributed by atoms with E-state index in [4.69, 9.17) is 11.6 Å². The minimum Gasteiger partial charge on any atom is -0.368 e. The van der Waals surface area contributed by atoms with E-state index in [0.29, 0.717) is 31.2 Å². The zero-order valence-corrected chi connectivity index (χ0v) is 14.9. The molecule has 0 saturated carbocycles. The number of halogens is 4. The fourth-order valence-electron chi connectivity index (χ4n) is 3.07. The molecule has 0 spiro atoms. The van der Waals surface area contributed by atoms with Gasteiger partial charge in [0.2, 0.25) is 0 Å². The molecule has 138 valence electrons. The van der Waals surface area contributed by atoms with Crippen LogP contribution in [0.1, 0.15) is 21.5 Å². The molecule has 2 aromatic carbocycles. The summed E-state index contributed by atoms with van der Waals surface area (Å²) in [5, 5.41) is 0.700. The summed E-state index contributed by atoms with van der Waals surface area (Å²) in [6, 6.07) is 10.1. The van der Waals surface area contributed by atoms with Crippen molar-refractivity contribution in [1.29, 1.82) is 0 Å². The van der Waals surface area contributed by atoms with E-state index >= 15 is 0 Å². The highest BCUT2D eigenvalue weighted by Crippen LogP contribution is 2.30. The average Bonchev–Trinajstić information content (AvgIpc) is 2.63. The van der Waals surface area contributed by atoms with Crippen molar-refractivity contribution in [2.75, 3.05) is 31.1 Å². The molecule has 1 heterocycles. The predicted octanol–water partition coefficient (Wildman–Crippen LogP) is 4.63. The molecule has 1 aliphatic heterocycles. The van der Waals surface area contributed by atoms with Crippen LogP contribution in [0.15, 0.2) is 42.5 Å². The molecule has 3 nitrogen and oxygen atoms in total. The number of benzene rings is 2. The Morgan fingerprint density at radius 1 is 1.00 bits per heavy atom. The molecule has 3 rings (SSSR count). The number of alkyl halides is 3. The maximum Gasteiger partial charge on any atom is 0.416 e. The van der Waals surface area contributed by atoms with Crippen molar-refractivity contribution in [3.8, 4) is 0 Å². The second-order valence-corrected chi connectivity index (χ2v) is 6.65. The van der Waals surface area contributed by atoms with Crippen molar-refractivity contribution in [1.82, 2.24) is 4.90 Å². The van der Waals surface area contributed by atoms with Gasteiger partial charge in [-0.3, -0.25) is 4.79 Å². The Balaban J connectivity index is 1.66. The number of piperazine rings is 1. The van der Waals surface area contributed by atoms with Crippen molar-refractivity contribution < 1.29 is 18.0 Å². The Morgan fingerprint density at radius 2 is 1.62 bits per heavy atom. The van der Waals surface area contributed by atoms with Gasteiger partial charge >= 0.3 is 6.18 Å². The average molecular weight is 383 g/mol. The van der Waals surface area contributed by atoms with Crippen LogP contribution in [0.4, 0.5) is 18.9 Å². The Kier molecular flexibility index (Phi) is 5.14. The second kappa shape index (κ2) is 7.19. The van der Waals surface area contributed by atoms with Gasteiger partial charge in [0.05, 0.1) is 5.56 Å². The first-order valence-electron chi connectivity index (χ1n) is 8.24. The summed E-state index contributed by atoms with van der Waals surface area (Å²) in [5.74, 6) is -0.249. The molecule has 0 bridgehead atoms. The van der Waals surface area contributed by atoms with Gasteiger partial charge in [-0.15, -0.1) is 0 Å². The topological polar surface area (TPSA) is 23.6 Å². The molecule has 0 atom stereocenters. The Bertz CT molecular complexity index is 797. The molecule has 0 N–H and O–H groups in total. The van der Waals surface area contributed by atoms with Crippen molar-refractivity contribution in [2.24, 2.45) is 0 Å². The lowest BCUT2D eigenvalue weighted by molar-refractivity contribution is -0.137. The van der Waals surface area contributed by atoms with Crippen LogP contribution in [0, 0.1) is 6.92 Å². The van der Waals surface area contributed by atoms with Crippen molar-refractivity contribution in [3.63, 3.8) is 0 Å². The summed E-state index contributed by atoms with van der Waals surface area (Å²) >= 11 is 6.17. The van der Waals surface area contributed by atoms with E-state index in [0.717, 1.165) is 23.4 Å². The van der Waals surface area contributed by atoms with Gasteiger partial charge in [-0.05, 0) is 48.9 Å². The molecule has 0 radical (unpaired) electrons. The third-order valence-electron chi connectivity index (χ3n) is 4.61. The Hall–Kier alpha value is -2.21. The molecule has 0 aliphatic carbocycles. The van der Waals surface area contributed by atoms with Crippen LogP contribution in [0.2, 0.25) is 5.02 Å². The first kappa shape index (κ1) is 18.6. The molecule has 0 aromatic heterocycles. The maximum atomic E-state index is 12.6. The number of hydrogen-bond acceptors (Lipinski definition) is 2. The molecule has 1 fully saturated rings. The number of carbonyl (C=O) groups excluding carboxylic acids is 1. The molecule has 0 unspecified atom stereocenters. The fraction of sp³-hybridized carbons (Fsp3) is 0.316. The van der Waals surface area contributed by atoms with Gasteiger partial charge in [0.1, 0.15) is 0 Å². The number of rotatable bonds is 2. The zero-order chi connectivity index (χ0) is 18.9. The van der Waals surface area contributed by atoms with E-state index in [1.807, 2.05) is 25.1 Å². The number of anilines is 1. The van der Waals surface area contributed by atoms with Crippen molar-refractivity contribution >= 4 is 23.2 Å². The van der Waals surface area contributed by atoms with Crippen molar-refractivity contribution in [2.45, 2.75) is 13.1 Å². The lowest BCUT2D eigenvalue weighted by Gasteiger charge is -2.37. The minimum absolute atomic E-state index is 0.249. The van der Waals surface area contributed by atoms with E-state index in [-0.39, 0.29) is 11.5 Å². The van der Waals surface area contributed by atoms with E-state index < -0.39 is 11.7 Å². The Labute approximate surface area is 155 Å². The quantitative estimate of drug-likeness (QED) is 0.756. The third-order valence-corrected chi connectivity index (χ3v) is 5.02. The van der Waals surface area contributed by atoms with Gasteiger partial charge in [0, 0.05) is 42.5 Å². The third kappa shape index (κ3) is 3.80. The second-order valence-electron chi connectivity index (χ2n) is 6.24. The van der Waals surface area contributed by atoms with Crippen molar-refractivity contribution in [3.05, 3.63) is 64.2 Å². The normalized spacial score (nSPS) is 15.3. The van der Waals surface area contributed by atoms with E-state index in [1.54, 1.807) is 4.90 Å². The highest BCUT2D eigenvalue weighted by molar-refractivity contribution is 6.31. The van der Waals surface area contributed by atoms with Crippen LogP contribution >= 0.6 is 11.6 Å². The van der Waals surface area contributed by atoms with E-state index in [2.05, 4.69) is 4.90 Å². The maximum absolute atomic E-state index is 12.6.